The first-order chi connectivity index (χ1) is 7.08. The molecule has 1 fully saturated rings. The van der Waals surface area contributed by atoms with Crippen LogP contribution in [0.1, 0.15) is 13.8 Å². The van der Waals surface area contributed by atoms with Crippen molar-refractivity contribution in [2.75, 3.05) is 19.8 Å². The van der Waals surface area contributed by atoms with Crippen molar-refractivity contribution in [3.63, 3.8) is 0 Å². The Bertz CT molecular complexity index is 197. The molecule has 90 valence electrons. The molecule has 4 N–H and O–H groups in total. The lowest BCUT2D eigenvalue weighted by Crippen LogP contribution is -2.51. The molecule has 0 bridgehead atoms. The van der Waals surface area contributed by atoms with E-state index in [4.69, 9.17) is 0 Å². The number of hydrogen-bond acceptors (Lipinski definition) is 4. The standard InChI is InChI=1S/C11H22O4/c1-6-7(2)9(4-13)11(15)10(5-14)8(6)3-12/h6-15H,3-5H2,1-2H3/t6-,7+,8-,9?,10?,11+/m1/s1. The summed E-state index contributed by atoms with van der Waals surface area (Å²) in [7, 11) is 0. The van der Waals surface area contributed by atoms with Crippen molar-refractivity contribution in [1.82, 2.24) is 0 Å². The molecular formula is C11H22O4. The highest BCUT2D eigenvalue weighted by Gasteiger charge is 2.45. The highest BCUT2D eigenvalue weighted by Crippen LogP contribution is 2.41. The Morgan fingerprint density at radius 2 is 1.13 bits per heavy atom. The van der Waals surface area contributed by atoms with Crippen LogP contribution in [-0.2, 0) is 0 Å². The monoisotopic (exact) mass is 218 g/mol. The van der Waals surface area contributed by atoms with Gasteiger partial charge in [0.15, 0.2) is 0 Å². The van der Waals surface area contributed by atoms with Crippen molar-refractivity contribution in [1.29, 1.82) is 0 Å². The molecule has 0 saturated heterocycles. The average Bonchev–Trinajstić information content (AvgIpc) is 2.23. The highest BCUT2D eigenvalue weighted by molar-refractivity contribution is 4.93. The van der Waals surface area contributed by atoms with Crippen molar-refractivity contribution >= 4 is 0 Å². The zero-order chi connectivity index (χ0) is 11.6. The van der Waals surface area contributed by atoms with Crippen LogP contribution in [0.3, 0.4) is 0 Å². The number of aliphatic hydroxyl groups is 4. The fourth-order valence-electron chi connectivity index (χ4n) is 2.87. The van der Waals surface area contributed by atoms with E-state index in [1.165, 1.54) is 0 Å². The topological polar surface area (TPSA) is 80.9 Å². The minimum atomic E-state index is -0.719. The van der Waals surface area contributed by atoms with Crippen LogP contribution in [0.2, 0.25) is 0 Å². The van der Waals surface area contributed by atoms with E-state index in [1.807, 2.05) is 13.8 Å². The van der Waals surface area contributed by atoms with Gasteiger partial charge in [-0.15, -0.1) is 0 Å². The van der Waals surface area contributed by atoms with Gasteiger partial charge in [-0.05, 0) is 17.8 Å². The van der Waals surface area contributed by atoms with Gasteiger partial charge in [0.25, 0.3) is 0 Å². The maximum Gasteiger partial charge on any atom is 0.0646 e. The first-order valence-corrected chi connectivity index (χ1v) is 5.59. The Balaban J connectivity index is 2.87. The smallest absolute Gasteiger partial charge is 0.0646 e. The maximum absolute atomic E-state index is 9.99. The van der Waals surface area contributed by atoms with Gasteiger partial charge >= 0.3 is 0 Å². The van der Waals surface area contributed by atoms with Gasteiger partial charge in [0, 0.05) is 31.7 Å². The summed E-state index contributed by atoms with van der Waals surface area (Å²) in [5.41, 5.74) is 0. The molecule has 0 aromatic rings. The Hall–Kier alpha value is -0.160. The van der Waals surface area contributed by atoms with E-state index in [0.717, 1.165) is 0 Å². The van der Waals surface area contributed by atoms with Crippen LogP contribution >= 0.6 is 0 Å². The third-order valence-corrected chi connectivity index (χ3v) is 4.24. The third-order valence-electron chi connectivity index (χ3n) is 4.24. The second-order valence-corrected chi connectivity index (χ2v) is 4.75. The Morgan fingerprint density at radius 3 is 1.53 bits per heavy atom. The molecule has 15 heavy (non-hydrogen) atoms. The van der Waals surface area contributed by atoms with Crippen LogP contribution in [0, 0.1) is 29.6 Å². The third kappa shape index (κ3) is 2.18. The van der Waals surface area contributed by atoms with Gasteiger partial charge < -0.3 is 20.4 Å². The van der Waals surface area contributed by atoms with Crippen molar-refractivity contribution in [2.24, 2.45) is 29.6 Å². The van der Waals surface area contributed by atoms with Gasteiger partial charge in [-0.25, -0.2) is 0 Å². The SMILES string of the molecule is C[C@@H]1[C@H](C)C(CO)[C@H](O)C(CO)[C@@H]1CO. The molecule has 0 heterocycles. The summed E-state index contributed by atoms with van der Waals surface area (Å²) in [5.74, 6) is -0.237. The highest BCUT2D eigenvalue weighted by atomic mass is 16.3. The zero-order valence-corrected chi connectivity index (χ0v) is 9.37. The second-order valence-electron chi connectivity index (χ2n) is 4.75. The van der Waals surface area contributed by atoms with Gasteiger partial charge in [-0.1, -0.05) is 13.8 Å². The summed E-state index contributed by atoms with van der Waals surface area (Å²) in [6.45, 7) is 3.75. The van der Waals surface area contributed by atoms with Crippen LogP contribution in [-0.4, -0.2) is 46.4 Å². The van der Waals surface area contributed by atoms with Gasteiger partial charge in [-0.2, -0.15) is 0 Å². The second kappa shape index (κ2) is 5.25. The maximum atomic E-state index is 9.99. The normalized spacial score (nSPS) is 46.8. The molecule has 0 amide bonds. The summed E-state index contributed by atoms with van der Waals surface area (Å²) in [6, 6.07) is 0. The number of rotatable bonds is 3. The fourth-order valence-corrected chi connectivity index (χ4v) is 2.87. The molecule has 1 saturated carbocycles. The molecular weight excluding hydrogens is 196 g/mol. The van der Waals surface area contributed by atoms with Gasteiger partial charge in [0.1, 0.15) is 0 Å². The summed E-state index contributed by atoms with van der Waals surface area (Å²) in [6.07, 6.45) is -0.719. The molecule has 0 spiro atoms. The minimum absolute atomic E-state index is 0.0219. The molecule has 1 rings (SSSR count). The molecule has 0 aliphatic heterocycles. The summed E-state index contributed by atoms with van der Waals surface area (Å²) < 4.78 is 0. The molecule has 2 unspecified atom stereocenters. The van der Waals surface area contributed by atoms with Crippen LogP contribution < -0.4 is 0 Å². The zero-order valence-electron chi connectivity index (χ0n) is 9.37. The van der Waals surface area contributed by atoms with Gasteiger partial charge in [-0.3, -0.25) is 0 Å². The van der Waals surface area contributed by atoms with Crippen LogP contribution in [0.5, 0.6) is 0 Å². The number of hydrogen-bond donors (Lipinski definition) is 4. The van der Waals surface area contributed by atoms with Crippen LogP contribution in [0.4, 0.5) is 0 Å². The Kier molecular flexibility index (Phi) is 4.52. The molecule has 0 radical (unpaired) electrons. The largest absolute Gasteiger partial charge is 0.396 e. The molecule has 4 heteroatoms. The van der Waals surface area contributed by atoms with Crippen molar-refractivity contribution in [2.45, 2.75) is 20.0 Å². The molecule has 1 aliphatic carbocycles. The summed E-state index contributed by atoms with van der Waals surface area (Å²) >= 11 is 0. The van der Waals surface area contributed by atoms with E-state index in [-0.39, 0.29) is 49.4 Å². The quantitative estimate of drug-likeness (QED) is 0.513. The summed E-state index contributed by atoms with van der Waals surface area (Å²) in [5, 5.41) is 37.7. The fraction of sp³-hybridized carbons (Fsp3) is 1.00. The van der Waals surface area contributed by atoms with E-state index >= 15 is 0 Å². The number of aliphatic hydroxyl groups excluding tert-OH is 4. The van der Waals surface area contributed by atoms with E-state index in [0.29, 0.717) is 0 Å². The van der Waals surface area contributed by atoms with Crippen LogP contribution in [0.15, 0.2) is 0 Å². The molecule has 1 aliphatic rings. The lowest BCUT2D eigenvalue weighted by molar-refractivity contribution is -0.113. The molecule has 4 nitrogen and oxygen atoms in total. The van der Waals surface area contributed by atoms with E-state index in [2.05, 4.69) is 0 Å². The summed E-state index contributed by atoms with van der Waals surface area (Å²) in [4.78, 5) is 0. The van der Waals surface area contributed by atoms with Crippen molar-refractivity contribution in [3.05, 3.63) is 0 Å². The predicted molar refractivity (Wildman–Crippen MR) is 56.1 cm³/mol. The molecule has 0 aromatic heterocycles. The van der Waals surface area contributed by atoms with E-state index in [9.17, 15) is 20.4 Å². The average molecular weight is 218 g/mol. The van der Waals surface area contributed by atoms with Gasteiger partial charge in [0.2, 0.25) is 0 Å². The molecule has 0 aromatic carbocycles. The predicted octanol–water partition coefficient (Wildman–Crippen LogP) is -0.541. The van der Waals surface area contributed by atoms with Crippen molar-refractivity contribution < 1.29 is 20.4 Å². The molecule has 6 atom stereocenters. The van der Waals surface area contributed by atoms with Crippen LogP contribution in [0.25, 0.3) is 0 Å². The van der Waals surface area contributed by atoms with Gasteiger partial charge in [0.05, 0.1) is 6.10 Å². The lowest BCUT2D eigenvalue weighted by atomic mass is 9.62. The minimum Gasteiger partial charge on any atom is -0.396 e. The Morgan fingerprint density at radius 1 is 0.733 bits per heavy atom. The Labute approximate surface area is 90.6 Å². The first kappa shape index (κ1) is 12.9. The van der Waals surface area contributed by atoms with E-state index < -0.39 is 6.10 Å². The van der Waals surface area contributed by atoms with Crippen molar-refractivity contribution in [3.8, 4) is 0 Å². The lowest BCUT2D eigenvalue weighted by Gasteiger charge is -2.46. The first-order valence-electron chi connectivity index (χ1n) is 5.59. The van der Waals surface area contributed by atoms with E-state index in [1.54, 1.807) is 0 Å².